The van der Waals surface area contributed by atoms with Crippen molar-refractivity contribution in [2.24, 2.45) is 0 Å². The summed E-state index contributed by atoms with van der Waals surface area (Å²) in [4.78, 5) is 30.4. The van der Waals surface area contributed by atoms with E-state index >= 15 is 0 Å². The van der Waals surface area contributed by atoms with E-state index < -0.39 is 0 Å². The van der Waals surface area contributed by atoms with Crippen molar-refractivity contribution in [1.29, 1.82) is 10.8 Å². The van der Waals surface area contributed by atoms with Crippen molar-refractivity contribution in [3.05, 3.63) is 120 Å². The topological polar surface area (TPSA) is 104 Å². The summed E-state index contributed by atoms with van der Waals surface area (Å²) in [5.41, 5.74) is 6.90. The predicted molar refractivity (Wildman–Crippen MR) is 194 cm³/mol. The van der Waals surface area contributed by atoms with Gasteiger partial charge < -0.3 is 30.2 Å². The molecule has 3 N–H and O–H groups in total. The monoisotopic (exact) mass is 642 g/mol. The molecule has 0 spiro atoms. The molecule has 1 amide bonds. The number of hydrogen-bond acceptors (Lipinski definition) is 7. The third-order valence-corrected chi connectivity index (χ3v) is 10.2. The van der Waals surface area contributed by atoms with E-state index in [-0.39, 0.29) is 11.8 Å². The summed E-state index contributed by atoms with van der Waals surface area (Å²) >= 11 is 0. The maximum absolute atomic E-state index is 12.4. The third-order valence-electron chi connectivity index (χ3n) is 10.2. The van der Waals surface area contributed by atoms with Crippen molar-refractivity contribution in [2.75, 3.05) is 43.0 Å². The standard InChI is InChI=1S/C40H46N6O2/c1-43-40(48)36(8-5-27-47)31-11-13-33(14-12-31)45-24-19-34(20-25-45)44-22-17-30(18-23-44)29-9-15-35(16-10-29)46-26-21-37(41)39(46)28-38(42)32-6-3-2-4-7-32/h2-4,6-7,9-16,21,26-28,30,34,36,41-42H,5,8,17-20,22-25H2,1H3,(H,43,48)/b39-28+,41-37?,42-38?. The summed E-state index contributed by atoms with van der Waals surface area (Å²) < 4.78 is 0. The fourth-order valence-electron chi connectivity index (χ4n) is 7.42. The number of anilines is 2. The van der Waals surface area contributed by atoms with Crippen LogP contribution in [0.25, 0.3) is 0 Å². The summed E-state index contributed by atoms with van der Waals surface area (Å²) in [5, 5.41) is 19.7. The Kier molecular flexibility index (Phi) is 10.6. The number of allylic oxidation sites excluding steroid dienone is 2. The van der Waals surface area contributed by atoms with Gasteiger partial charge in [-0.2, -0.15) is 0 Å². The molecular weight excluding hydrogens is 596 g/mol. The van der Waals surface area contributed by atoms with Crippen molar-refractivity contribution in [3.63, 3.8) is 0 Å². The minimum Gasteiger partial charge on any atom is -0.371 e. The average Bonchev–Trinajstić information content (AvgIpc) is 3.51. The number of rotatable bonds is 11. The molecule has 3 aromatic carbocycles. The molecule has 0 saturated carbocycles. The molecule has 0 bridgehead atoms. The van der Waals surface area contributed by atoms with Gasteiger partial charge in [0.25, 0.3) is 0 Å². The second kappa shape index (κ2) is 15.4. The highest BCUT2D eigenvalue weighted by Crippen LogP contribution is 2.34. The number of likely N-dealkylation sites (N-methyl/N-ethyl adjacent to an activating group) is 1. The van der Waals surface area contributed by atoms with Gasteiger partial charge in [-0.1, -0.05) is 54.6 Å². The fraction of sp³-hybridized carbons (Fsp3) is 0.350. The first kappa shape index (κ1) is 33.1. The number of hydrogen-bond donors (Lipinski definition) is 3. The van der Waals surface area contributed by atoms with Crippen molar-refractivity contribution in [1.82, 2.24) is 10.2 Å². The average molecular weight is 643 g/mol. The highest BCUT2D eigenvalue weighted by Gasteiger charge is 2.29. The summed E-state index contributed by atoms with van der Waals surface area (Å²) in [7, 11) is 1.64. The van der Waals surface area contributed by atoms with Gasteiger partial charge in [-0.3, -0.25) is 10.2 Å². The summed E-state index contributed by atoms with van der Waals surface area (Å²) in [6.07, 6.45) is 11.9. The number of aldehydes is 1. The van der Waals surface area contributed by atoms with Gasteiger partial charge >= 0.3 is 0 Å². The third kappa shape index (κ3) is 7.50. The zero-order chi connectivity index (χ0) is 33.5. The predicted octanol–water partition coefficient (Wildman–Crippen LogP) is 6.65. The first-order valence-corrected chi connectivity index (χ1v) is 17.2. The molecule has 0 aromatic heterocycles. The Hall–Kier alpha value is -4.82. The Morgan fingerprint density at radius 1 is 0.896 bits per heavy atom. The van der Waals surface area contributed by atoms with E-state index in [1.807, 2.05) is 53.6 Å². The lowest BCUT2D eigenvalue weighted by atomic mass is 9.88. The molecule has 8 nitrogen and oxygen atoms in total. The van der Waals surface area contributed by atoms with Crippen LogP contribution in [-0.4, -0.2) is 67.8 Å². The van der Waals surface area contributed by atoms with Gasteiger partial charge in [0, 0.05) is 50.2 Å². The minimum atomic E-state index is -0.296. The lowest BCUT2D eigenvalue weighted by molar-refractivity contribution is -0.122. The van der Waals surface area contributed by atoms with E-state index in [1.165, 1.54) is 11.3 Å². The molecule has 48 heavy (non-hydrogen) atoms. The van der Waals surface area contributed by atoms with Crippen LogP contribution < -0.4 is 15.1 Å². The second-order valence-electron chi connectivity index (χ2n) is 13.0. The quantitative estimate of drug-likeness (QED) is 0.161. The van der Waals surface area contributed by atoms with Crippen LogP contribution in [0.2, 0.25) is 0 Å². The molecule has 3 aliphatic rings. The van der Waals surface area contributed by atoms with Crippen molar-refractivity contribution >= 4 is 35.0 Å². The first-order valence-electron chi connectivity index (χ1n) is 17.2. The molecule has 2 fully saturated rings. The van der Waals surface area contributed by atoms with Crippen molar-refractivity contribution < 1.29 is 9.59 Å². The summed E-state index contributed by atoms with van der Waals surface area (Å²) in [6, 6.07) is 27.4. The molecule has 8 heteroatoms. The molecule has 0 aliphatic carbocycles. The van der Waals surface area contributed by atoms with Gasteiger partial charge in [-0.15, -0.1) is 0 Å². The minimum absolute atomic E-state index is 0.0446. The van der Waals surface area contributed by atoms with Gasteiger partial charge in [0.2, 0.25) is 5.91 Å². The van der Waals surface area contributed by atoms with E-state index in [1.54, 1.807) is 19.2 Å². The maximum atomic E-state index is 12.4. The zero-order valence-corrected chi connectivity index (χ0v) is 27.8. The van der Waals surface area contributed by atoms with Gasteiger partial charge in [-0.25, -0.2) is 0 Å². The second-order valence-corrected chi connectivity index (χ2v) is 13.0. The summed E-state index contributed by atoms with van der Waals surface area (Å²) in [6.45, 7) is 4.29. The van der Waals surface area contributed by atoms with Crippen LogP contribution in [-0.2, 0) is 9.59 Å². The van der Waals surface area contributed by atoms with Crippen LogP contribution in [0, 0.1) is 10.8 Å². The fourth-order valence-corrected chi connectivity index (χ4v) is 7.42. The molecule has 3 aliphatic heterocycles. The number of amides is 1. The van der Waals surface area contributed by atoms with Crippen LogP contribution in [0.3, 0.4) is 0 Å². The molecule has 1 unspecified atom stereocenters. The van der Waals surface area contributed by atoms with E-state index in [9.17, 15) is 9.59 Å². The van der Waals surface area contributed by atoms with Gasteiger partial charge in [-0.05, 0) is 104 Å². The van der Waals surface area contributed by atoms with Gasteiger partial charge in [0.05, 0.1) is 23.0 Å². The molecular formula is C40H46N6O2. The number of carbonyl (C=O) groups excluding carboxylic acids is 2. The molecule has 0 radical (unpaired) electrons. The number of likely N-dealkylation sites (tertiary alicyclic amines) is 1. The van der Waals surface area contributed by atoms with Crippen LogP contribution in [0.4, 0.5) is 11.4 Å². The smallest absolute Gasteiger partial charge is 0.227 e. The number of carbonyl (C=O) groups is 2. The Labute approximate surface area is 284 Å². The highest BCUT2D eigenvalue weighted by molar-refractivity contribution is 6.18. The number of piperidine rings is 2. The van der Waals surface area contributed by atoms with Crippen LogP contribution in [0.5, 0.6) is 0 Å². The molecule has 2 saturated heterocycles. The Morgan fingerprint density at radius 3 is 2.21 bits per heavy atom. The first-order chi connectivity index (χ1) is 23.4. The zero-order valence-electron chi connectivity index (χ0n) is 27.8. The number of benzene rings is 3. The molecule has 6 rings (SSSR count). The largest absolute Gasteiger partial charge is 0.371 e. The van der Waals surface area contributed by atoms with Crippen LogP contribution in [0.15, 0.2) is 103 Å². The van der Waals surface area contributed by atoms with Crippen molar-refractivity contribution in [2.45, 2.75) is 56.4 Å². The number of nitrogens with one attached hydrogen (secondary N) is 3. The Balaban J connectivity index is 0.996. The Morgan fingerprint density at radius 2 is 1.56 bits per heavy atom. The normalized spacial score (nSPS) is 19.1. The lowest BCUT2D eigenvalue weighted by Gasteiger charge is -2.42. The molecule has 248 valence electrons. The van der Waals surface area contributed by atoms with E-state index in [0.717, 1.165) is 75.0 Å². The van der Waals surface area contributed by atoms with E-state index in [4.69, 9.17) is 10.8 Å². The highest BCUT2D eigenvalue weighted by atomic mass is 16.1. The molecule has 3 aromatic rings. The summed E-state index contributed by atoms with van der Waals surface area (Å²) in [5.74, 6) is 0.208. The number of nitrogens with zero attached hydrogens (tertiary/aromatic N) is 3. The van der Waals surface area contributed by atoms with Gasteiger partial charge in [0.1, 0.15) is 6.29 Å². The van der Waals surface area contributed by atoms with Crippen LogP contribution in [0.1, 0.15) is 67.1 Å². The molecule has 3 heterocycles. The van der Waals surface area contributed by atoms with E-state index in [2.05, 4.69) is 51.5 Å². The Bertz CT molecular complexity index is 1650. The van der Waals surface area contributed by atoms with Crippen molar-refractivity contribution in [3.8, 4) is 0 Å². The van der Waals surface area contributed by atoms with E-state index in [0.29, 0.717) is 41.9 Å². The molecule has 1 atom stereocenters. The lowest BCUT2D eigenvalue weighted by Crippen LogP contribution is -2.47. The SMILES string of the molecule is CNC(=O)C(CCC=O)c1ccc(N2CCC(N3CCC(c4ccc(N5C=CC(=N)/C5=C\C(=N)c5ccccc5)cc4)CC3)CC2)cc1. The maximum Gasteiger partial charge on any atom is 0.227 e. The van der Waals surface area contributed by atoms with Crippen LogP contribution >= 0.6 is 0 Å². The van der Waals surface area contributed by atoms with Gasteiger partial charge in [0.15, 0.2) is 0 Å².